The number of hydrogen-bond acceptors (Lipinski definition) is 2. The highest BCUT2D eigenvalue weighted by molar-refractivity contribution is 14.0. The summed E-state index contributed by atoms with van der Waals surface area (Å²) in [5, 5.41) is 9.51. The molecule has 0 aromatic carbocycles. The molecule has 0 saturated heterocycles. The highest BCUT2D eigenvalue weighted by Gasteiger charge is 2.16. The molecule has 0 radical (unpaired) electrons. The van der Waals surface area contributed by atoms with Crippen LogP contribution in [0.1, 0.15) is 59.8 Å². The second-order valence-electron chi connectivity index (χ2n) is 6.47. The second kappa shape index (κ2) is 10.2. The Labute approximate surface area is 146 Å². The molecule has 1 fully saturated rings. The highest BCUT2D eigenvalue weighted by atomic mass is 127. The molecule has 0 atom stereocenters. The summed E-state index contributed by atoms with van der Waals surface area (Å²) in [4.78, 5) is 16.3. The number of nitrogens with one attached hydrogen (secondary N) is 3. The fraction of sp³-hybridized carbons (Fsp3) is 0.867. The van der Waals surface area contributed by atoms with Gasteiger partial charge in [-0.25, -0.2) is 4.99 Å². The average Bonchev–Trinajstić information content (AvgIpc) is 2.36. The molecule has 0 aromatic heterocycles. The Bertz CT molecular complexity index is 333. The summed E-state index contributed by atoms with van der Waals surface area (Å²) in [5.41, 5.74) is -0.0686. The van der Waals surface area contributed by atoms with Crippen LogP contribution in [0, 0.1) is 0 Å². The molecule has 0 heterocycles. The van der Waals surface area contributed by atoms with Gasteiger partial charge in [-0.3, -0.25) is 4.79 Å². The predicted molar refractivity (Wildman–Crippen MR) is 99.3 cm³/mol. The van der Waals surface area contributed by atoms with Gasteiger partial charge in [0, 0.05) is 18.1 Å². The van der Waals surface area contributed by atoms with E-state index >= 15 is 0 Å². The van der Waals surface area contributed by atoms with Crippen LogP contribution in [-0.2, 0) is 4.79 Å². The van der Waals surface area contributed by atoms with Gasteiger partial charge in [-0.15, -0.1) is 24.0 Å². The first-order valence-corrected chi connectivity index (χ1v) is 7.76. The van der Waals surface area contributed by atoms with E-state index in [0.29, 0.717) is 12.0 Å². The number of guanidine groups is 1. The van der Waals surface area contributed by atoms with Crippen LogP contribution in [0.5, 0.6) is 0 Å². The van der Waals surface area contributed by atoms with Gasteiger partial charge < -0.3 is 16.0 Å². The Morgan fingerprint density at radius 1 is 1.19 bits per heavy atom. The van der Waals surface area contributed by atoms with Gasteiger partial charge in [0.1, 0.15) is 6.54 Å². The fourth-order valence-corrected chi connectivity index (χ4v) is 2.33. The largest absolute Gasteiger partial charge is 0.357 e. The lowest BCUT2D eigenvalue weighted by Crippen LogP contribution is -2.48. The maximum Gasteiger partial charge on any atom is 0.242 e. The lowest BCUT2D eigenvalue weighted by Gasteiger charge is -2.24. The van der Waals surface area contributed by atoms with E-state index in [1.54, 1.807) is 0 Å². The number of carbonyl (C=O) groups is 1. The van der Waals surface area contributed by atoms with Crippen molar-refractivity contribution in [3.8, 4) is 0 Å². The van der Waals surface area contributed by atoms with E-state index in [2.05, 4.69) is 41.7 Å². The Morgan fingerprint density at radius 2 is 1.81 bits per heavy atom. The molecule has 1 saturated carbocycles. The number of rotatable bonds is 4. The van der Waals surface area contributed by atoms with E-state index in [0.717, 1.165) is 19.4 Å². The van der Waals surface area contributed by atoms with Gasteiger partial charge in [0.05, 0.1) is 0 Å². The molecular formula is C15H31IN4O. The van der Waals surface area contributed by atoms with Gasteiger partial charge in [-0.2, -0.15) is 0 Å². The minimum absolute atomic E-state index is 0. The van der Waals surface area contributed by atoms with Crippen molar-refractivity contribution in [3.63, 3.8) is 0 Å². The Morgan fingerprint density at radius 3 is 2.33 bits per heavy atom. The van der Waals surface area contributed by atoms with Gasteiger partial charge in [-0.1, -0.05) is 19.3 Å². The number of nitrogens with zero attached hydrogens (tertiary/aromatic N) is 1. The van der Waals surface area contributed by atoms with Gasteiger partial charge in [0.15, 0.2) is 5.96 Å². The first-order chi connectivity index (χ1) is 9.40. The first-order valence-electron chi connectivity index (χ1n) is 7.76. The van der Waals surface area contributed by atoms with Crippen molar-refractivity contribution < 1.29 is 4.79 Å². The van der Waals surface area contributed by atoms with Crippen molar-refractivity contribution >= 4 is 35.8 Å². The third-order valence-corrected chi connectivity index (χ3v) is 3.19. The van der Waals surface area contributed by atoms with Crippen LogP contribution < -0.4 is 16.0 Å². The molecular weight excluding hydrogens is 379 g/mol. The quantitative estimate of drug-likeness (QED) is 0.379. The Kier molecular flexibility index (Phi) is 9.98. The summed E-state index contributed by atoms with van der Waals surface area (Å²) in [6.07, 6.45) is 5.96. The van der Waals surface area contributed by atoms with E-state index in [-0.39, 0.29) is 42.0 Å². The molecule has 0 aromatic rings. The summed E-state index contributed by atoms with van der Waals surface area (Å²) in [6.45, 7) is 9.20. The smallest absolute Gasteiger partial charge is 0.242 e. The number of halogens is 1. The van der Waals surface area contributed by atoms with Crippen molar-refractivity contribution in [3.05, 3.63) is 0 Å². The molecule has 1 aliphatic carbocycles. The molecule has 0 bridgehead atoms. The lowest BCUT2D eigenvalue weighted by molar-refractivity contribution is -0.120. The monoisotopic (exact) mass is 410 g/mol. The molecule has 1 rings (SSSR count). The molecule has 0 aliphatic heterocycles. The van der Waals surface area contributed by atoms with Gasteiger partial charge in [0.25, 0.3) is 0 Å². The van der Waals surface area contributed by atoms with E-state index < -0.39 is 0 Å². The summed E-state index contributed by atoms with van der Waals surface area (Å²) >= 11 is 0. The van der Waals surface area contributed by atoms with Crippen molar-refractivity contribution in [2.75, 3.05) is 13.1 Å². The SMILES string of the molecule is CCNC(=NCC(=O)NC1CCCCC1)NC(C)(C)C.I. The topological polar surface area (TPSA) is 65.5 Å². The van der Waals surface area contributed by atoms with Gasteiger partial charge in [0.2, 0.25) is 5.91 Å². The van der Waals surface area contributed by atoms with E-state index in [4.69, 9.17) is 0 Å². The zero-order chi connectivity index (χ0) is 15.0. The van der Waals surface area contributed by atoms with Crippen molar-refractivity contribution in [2.24, 2.45) is 4.99 Å². The minimum atomic E-state index is -0.0686. The highest BCUT2D eigenvalue weighted by Crippen LogP contribution is 2.17. The molecule has 124 valence electrons. The molecule has 21 heavy (non-hydrogen) atoms. The third kappa shape index (κ3) is 9.92. The van der Waals surface area contributed by atoms with Crippen molar-refractivity contribution in [1.29, 1.82) is 0 Å². The molecule has 6 heteroatoms. The predicted octanol–water partition coefficient (Wildman–Crippen LogP) is 2.41. The van der Waals surface area contributed by atoms with E-state index in [9.17, 15) is 4.79 Å². The van der Waals surface area contributed by atoms with Crippen LogP contribution in [0.25, 0.3) is 0 Å². The molecule has 0 unspecified atom stereocenters. The van der Waals surface area contributed by atoms with Crippen LogP contribution in [0.4, 0.5) is 0 Å². The molecule has 1 amide bonds. The third-order valence-electron chi connectivity index (χ3n) is 3.19. The number of aliphatic imine (C=N–C) groups is 1. The van der Waals surface area contributed by atoms with E-state index in [1.807, 2.05) is 6.92 Å². The van der Waals surface area contributed by atoms with Crippen LogP contribution in [-0.4, -0.2) is 36.5 Å². The maximum absolute atomic E-state index is 11.9. The average molecular weight is 410 g/mol. The maximum atomic E-state index is 11.9. The normalized spacial score (nSPS) is 16.9. The van der Waals surface area contributed by atoms with Gasteiger partial charge >= 0.3 is 0 Å². The van der Waals surface area contributed by atoms with Crippen LogP contribution in [0.2, 0.25) is 0 Å². The molecule has 1 aliphatic rings. The second-order valence-corrected chi connectivity index (χ2v) is 6.47. The summed E-state index contributed by atoms with van der Waals surface area (Å²) in [7, 11) is 0. The van der Waals surface area contributed by atoms with Crippen molar-refractivity contribution in [2.45, 2.75) is 71.4 Å². The Hall–Kier alpha value is -0.530. The van der Waals surface area contributed by atoms with Gasteiger partial charge in [-0.05, 0) is 40.5 Å². The zero-order valence-corrected chi connectivity index (χ0v) is 16.1. The van der Waals surface area contributed by atoms with Crippen LogP contribution >= 0.6 is 24.0 Å². The molecule has 0 spiro atoms. The number of amides is 1. The minimum Gasteiger partial charge on any atom is -0.357 e. The van der Waals surface area contributed by atoms with Crippen LogP contribution in [0.15, 0.2) is 4.99 Å². The Balaban J connectivity index is 0.00000400. The fourth-order valence-electron chi connectivity index (χ4n) is 2.33. The summed E-state index contributed by atoms with van der Waals surface area (Å²) in [6, 6.07) is 0.351. The standard InChI is InChI=1S/C15H30N4O.HI/c1-5-16-14(19-15(2,3)4)17-11-13(20)18-12-9-7-6-8-10-12;/h12H,5-11H2,1-4H3,(H,18,20)(H2,16,17,19);1H. The zero-order valence-electron chi connectivity index (χ0n) is 13.8. The summed E-state index contributed by atoms with van der Waals surface area (Å²) < 4.78 is 0. The molecule has 5 nitrogen and oxygen atoms in total. The first kappa shape index (κ1) is 20.5. The molecule has 3 N–H and O–H groups in total. The van der Waals surface area contributed by atoms with Crippen LogP contribution in [0.3, 0.4) is 0 Å². The lowest BCUT2D eigenvalue weighted by atomic mass is 9.95. The van der Waals surface area contributed by atoms with E-state index in [1.165, 1.54) is 19.3 Å². The number of hydrogen-bond donors (Lipinski definition) is 3. The summed E-state index contributed by atoms with van der Waals surface area (Å²) in [5.74, 6) is 0.710. The van der Waals surface area contributed by atoms with Crippen molar-refractivity contribution in [1.82, 2.24) is 16.0 Å². The number of carbonyl (C=O) groups excluding carboxylic acids is 1.